The van der Waals surface area contributed by atoms with E-state index < -0.39 is 4.92 Å². The number of nitrogens with zero attached hydrogens (tertiary/aromatic N) is 3. The van der Waals surface area contributed by atoms with Crippen LogP contribution in [0.4, 0.5) is 11.5 Å². The highest BCUT2D eigenvalue weighted by Gasteiger charge is 2.16. The van der Waals surface area contributed by atoms with Gasteiger partial charge in [-0.3, -0.25) is 10.1 Å². The number of nitrogens with one attached hydrogen (secondary N) is 1. The molecule has 110 valence electrons. The zero-order chi connectivity index (χ0) is 15.4. The van der Waals surface area contributed by atoms with Crippen molar-refractivity contribution in [1.29, 1.82) is 0 Å². The molecule has 7 nitrogen and oxygen atoms in total. The molecule has 2 aromatic heterocycles. The maximum absolute atomic E-state index is 10.8. The molecule has 0 amide bonds. The van der Waals surface area contributed by atoms with Gasteiger partial charge in [0.2, 0.25) is 5.88 Å². The van der Waals surface area contributed by atoms with Crippen molar-refractivity contribution in [2.45, 2.75) is 13.5 Å². The molecule has 1 N–H and O–H groups in total. The predicted molar refractivity (Wildman–Crippen MR) is 81.4 cm³/mol. The zero-order valence-corrected chi connectivity index (χ0v) is 13.0. The fourth-order valence-electron chi connectivity index (χ4n) is 1.70. The van der Waals surface area contributed by atoms with Gasteiger partial charge in [0.25, 0.3) is 5.69 Å². The van der Waals surface area contributed by atoms with E-state index >= 15 is 0 Å². The summed E-state index contributed by atoms with van der Waals surface area (Å²) >= 11 is 3.33. The summed E-state index contributed by atoms with van der Waals surface area (Å²) in [5.74, 6) is 1.10. The van der Waals surface area contributed by atoms with Gasteiger partial charge in [0.05, 0.1) is 16.5 Å². The molecule has 2 rings (SSSR count). The number of hydrogen-bond donors (Lipinski definition) is 1. The summed E-state index contributed by atoms with van der Waals surface area (Å²) in [4.78, 5) is 18.5. The van der Waals surface area contributed by atoms with Crippen molar-refractivity contribution in [3.05, 3.63) is 50.2 Å². The quantitative estimate of drug-likeness (QED) is 0.656. The third-order valence-corrected chi connectivity index (χ3v) is 3.87. The summed E-state index contributed by atoms with van der Waals surface area (Å²) in [6, 6.07) is 3.64. The standard InChI is InChI=1S/C13H13BrN4O3/c1-8-10(18(19)20)7-17-13(12(8)14)16-6-9-3-4-11(21-2)15-5-9/h3-5,7H,6H2,1-2H3,(H,16,17). The first-order valence-corrected chi connectivity index (χ1v) is 6.84. The Kier molecular flexibility index (Phi) is 4.69. The Balaban J connectivity index is 2.12. The van der Waals surface area contributed by atoms with E-state index in [1.165, 1.54) is 6.20 Å². The van der Waals surface area contributed by atoms with Gasteiger partial charge in [-0.15, -0.1) is 0 Å². The third-order valence-electron chi connectivity index (χ3n) is 2.90. The monoisotopic (exact) mass is 352 g/mol. The van der Waals surface area contributed by atoms with Crippen molar-refractivity contribution in [1.82, 2.24) is 9.97 Å². The van der Waals surface area contributed by atoms with Gasteiger partial charge < -0.3 is 10.1 Å². The van der Waals surface area contributed by atoms with Crippen LogP contribution in [-0.2, 0) is 6.54 Å². The van der Waals surface area contributed by atoms with E-state index in [1.807, 2.05) is 6.07 Å². The molecule has 0 aromatic carbocycles. The van der Waals surface area contributed by atoms with Crippen LogP contribution in [0.3, 0.4) is 0 Å². The van der Waals surface area contributed by atoms with Crippen LogP contribution < -0.4 is 10.1 Å². The zero-order valence-electron chi connectivity index (χ0n) is 11.5. The molecule has 0 unspecified atom stereocenters. The third kappa shape index (κ3) is 3.46. The average Bonchev–Trinajstić information content (AvgIpc) is 2.49. The van der Waals surface area contributed by atoms with Crippen LogP contribution in [0, 0.1) is 17.0 Å². The number of anilines is 1. The predicted octanol–water partition coefficient (Wildman–Crippen LogP) is 3.08. The summed E-state index contributed by atoms with van der Waals surface area (Å²) in [6.45, 7) is 2.17. The Morgan fingerprint density at radius 3 is 2.71 bits per heavy atom. The number of ether oxygens (including phenoxy) is 1. The molecule has 2 heterocycles. The lowest BCUT2D eigenvalue weighted by molar-refractivity contribution is -0.385. The Labute approximate surface area is 129 Å². The first-order valence-electron chi connectivity index (χ1n) is 6.05. The normalized spacial score (nSPS) is 10.2. The maximum Gasteiger partial charge on any atom is 0.291 e. The van der Waals surface area contributed by atoms with E-state index in [4.69, 9.17) is 4.74 Å². The Hall–Kier alpha value is -2.22. The summed E-state index contributed by atoms with van der Waals surface area (Å²) in [7, 11) is 1.56. The highest BCUT2D eigenvalue weighted by Crippen LogP contribution is 2.30. The number of hydrogen-bond acceptors (Lipinski definition) is 6. The summed E-state index contributed by atoms with van der Waals surface area (Å²) in [6.07, 6.45) is 2.94. The van der Waals surface area contributed by atoms with Gasteiger partial charge in [-0.1, -0.05) is 6.07 Å². The molecule has 0 radical (unpaired) electrons. The molecule has 0 aliphatic rings. The first kappa shape index (κ1) is 15.2. The Bertz CT molecular complexity index is 661. The minimum absolute atomic E-state index is 0.0152. The van der Waals surface area contributed by atoms with Crippen molar-refractivity contribution in [2.75, 3.05) is 12.4 Å². The van der Waals surface area contributed by atoms with E-state index in [9.17, 15) is 10.1 Å². The minimum atomic E-state index is -0.454. The smallest absolute Gasteiger partial charge is 0.291 e. The van der Waals surface area contributed by atoms with E-state index in [-0.39, 0.29) is 5.69 Å². The first-order chi connectivity index (χ1) is 10.0. The van der Waals surface area contributed by atoms with Crippen LogP contribution in [0.5, 0.6) is 5.88 Å². The van der Waals surface area contributed by atoms with Crippen molar-refractivity contribution >= 4 is 27.4 Å². The second kappa shape index (κ2) is 6.49. The molecule has 0 saturated heterocycles. The van der Waals surface area contributed by atoms with Crippen molar-refractivity contribution in [2.24, 2.45) is 0 Å². The number of pyridine rings is 2. The Morgan fingerprint density at radius 2 is 2.14 bits per heavy atom. The fourth-order valence-corrected chi connectivity index (χ4v) is 2.14. The van der Waals surface area contributed by atoms with E-state index in [0.717, 1.165) is 5.56 Å². The molecule has 8 heteroatoms. The van der Waals surface area contributed by atoms with Crippen LogP contribution in [0.15, 0.2) is 29.0 Å². The maximum atomic E-state index is 10.8. The fraction of sp³-hybridized carbons (Fsp3) is 0.231. The van der Waals surface area contributed by atoms with Crippen LogP contribution in [-0.4, -0.2) is 22.0 Å². The van der Waals surface area contributed by atoms with Gasteiger partial charge in [-0.2, -0.15) is 0 Å². The Morgan fingerprint density at radius 1 is 1.38 bits per heavy atom. The molecular weight excluding hydrogens is 340 g/mol. The SMILES string of the molecule is COc1ccc(CNc2ncc([N+](=O)[O-])c(C)c2Br)cn1. The van der Waals surface area contributed by atoms with Gasteiger partial charge in [0, 0.05) is 24.4 Å². The number of rotatable bonds is 5. The van der Waals surface area contributed by atoms with Gasteiger partial charge in [0.15, 0.2) is 0 Å². The van der Waals surface area contributed by atoms with Gasteiger partial charge in [0.1, 0.15) is 12.0 Å². The summed E-state index contributed by atoms with van der Waals surface area (Å²) < 4.78 is 5.57. The van der Waals surface area contributed by atoms with Crippen LogP contribution in [0.1, 0.15) is 11.1 Å². The molecule has 0 atom stereocenters. The molecule has 2 aromatic rings. The van der Waals surface area contributed by atoms with Crippen LogP contribution in [0.25, 0.3) is 0 Å². The van der Waals surface area contributed by atoms with Crippen molar-refractivity contribution in [3.8, 4) is 5.88 Å². The largest absolute Gasteiger partial charge is 0.481 e. The van der Waals surface area contributed by atoms with E-state index in [2.05, 4.69) is 31.2 Å². The number of nitro groups is 1. The van der Waals surface area contributed by atoms with E-state index in [0.29, 0.717) is 28.3 Å². The molecule has 0 fully saturated rings. The topological polar surface area (TPSA) is 90.2 Å². The van der Waals surface area contributed by atoms with Crippen molar-refractivity contribution in [3.63, 3.8) is 0 Å². The number of aromatic nitrogens is 2. The molecule has 0 aliphatic carbocycles. The van der Waals surface area contributed by atoms with Crippen LogP contribution >= 0.6 is 15.9 Å². The lowest BCUT2D eigenvalue weighted by atomic mass is 10.2. The minimum Gasteiger partial charge on any atom is -0.481 e. The van der Waals surface area contributed by atoms with E-state index in [1.54, 1.807) is 26.3 Å². The van der Waals surface area contributed by atoms with Gasteiger partial charge in [-0.05, 0) is 28.4 Å². The molecule has 0 aliphatic heterocycles. The second-order valence-corrected chi connectivity index (χ2v) is 5.04. The molecule has 0 saturated carbocycles. The second-order valence-electron chi connectivity index (χ2n) is 4.25. The highest BCUT2D eigenvalue weighted by atomic mass is 79.9. The summed E-state index contributed by atoms with van der Waals surface area (Å²) in [5, 5.41) is 13.9. The van der Waals surface area contributed by atoms with Crippen molar-refractivity contribution < 1.29 is 9.66 Å². The molecule has 0 spiro atoms. The lowest BCUT2D eigenvalue weighted by Gasteiger charge is -2.09. The lowest BCUT2D eigenvalue weighted by Crippen LogP contribution is -2.05. The molecular formula is C13H13BrN4O3. The highest BCUT2D eigenvalue weighted by molar-refractivity contribution is 9.10. The van der Waals surface area contributed by atoms with Gasteiger partial charge >= 0.3 is 0 Å². The molecule has 0 bridgehead atoms. The summed E-state index contributed by atoms with van der Waals surface area (Å²) in [5.41, 5.74) is 1.46. The molecule has 21 heavy (non-hydrogen) atoms. The number of halogens is 1. The average molecular weight is 353 g/mol. The number of methoxy groups -OCH3 is 1. The van der Waals surface area contributed by atoms with Gasteiger partial charge in [-0.25, -0.2) is 9.97 Å². The van der Waals surface area contributed by atoms with Crippen LogP contribution in [0.2, 0.25) is 0 Å².